The van der Waals surface area contributed by atoms with Gasteiger partial charge in [-0.2, -0.15) is 5.26 Å². The fourth-order valence-electron chi connectivity index (χ4n) is 1.61. The summed E-state index contributed by atoms with van der Waals surface area (Å²) in [4.78, 5) is 0. The highest BCUT2D eigenvalue weighted by atomic mass is 14.2. The van der Waals surface area contributed by atoms with Gasteiger partial charge in [-0.1, -0.05) is 60.2 Å². The van der Waals surface area contributed by atoms with E-state index in [0.717, 1.165) is 11.1 Å². The summed E-state index contributed by atoms with van der Waals surface area (Å²) in [5, 5.41) is 8.97. The standard InChI is InChI=1S/C16H13N/c1-13-6-8-14(9-7-13)10-11-15-4-2-3-5-16(15)12-17/h2-11H,1H3. The quantitative estimate of drug-likeness (QED) is 0.699. The normalized spacial score (nSPS) is 10.4. The van der Waals surface area contributed by atoms with Gasteiger partial charge in [-0.25, -0.2) is 0 Å². The summed E-state index contributed by atoms with van der Waals surface area (Å²) < 4.78 is 0. The smallest absolute Gasteiger partial charge is 0.0997 e. The molecule has 2 rings (SSSR count). The van der Waals surface area contributed by atoms with Gasteiger partial charge in [0.1, 0.15) is 0 Å². The first kappa shape index (κ1) is 11.2. The molecule has 0 heterocycles. The van der Waals surface area contributed by atoms with E-state index in [1.165, 1.54) is 5.56 Å². The minimum atomic E-state index is 0.705. The first-order valence-electron chi connectivity index (χ1n) is 5.53. The maximum atomic E-state index is 8.97. The summed E-state index contributed by atoms with van der Waals surface area (Å²) in [6.45, 7) is 2.07. The van der Waals surface area contributed by atoms with Gasteiger partial charge in [0.15, 0.2) is 0 Å². The minimum absolute atomic E-state index is 0.705. The van der Waals surface area contributed by atoms with E-state index in [2.05, 4.69) is 37.3 Å². The molecule has 0 aliphatic heterocycles. The SMILES string of the molecule is Cc1ccc(C=Cc2ccccc2C#N)cc1. The van der Waals surface area contributed by atoms with Gasteiger partial charge >= 0.3 is 0 Å². The largest absolute Gasteiger partial charge is 0.192 e. The molecule has 0 bridgehead atoms. The van der Waals surface area contributed by atoms with E-state index in [-0.39, 0.29) is 0 Å². The van der Waals surface area contributed by atoms with Gasteiger partial charge < -0.3 is 0 Å². The first-order valence-corrected chi connectivity index (χ1v) is 5.53. The number of hydrogen-bond acceptors (Lipinski definition) is 1. The number of rotatable bonds is 2. The van der Waals surface area contributed by atoms with Crippen molar-refractivity contribution < 1.29 is 0 Å². The second-order valence-corrected chi connectivity index (χ2v) is 3.94. The Morgan fingerprint density at radius 3 is 2.35 bits per heavy atom. The molecule has 0 aliphatic rings. The lowest BCUT2D eigenvalue weighted by atomic mass is 10.1. The second-order valence-electron chi connectivity index (χ2n) is 3.94. The van der Waals surface area contributed by atoms with Gasteiger partial charge in [-0.3, -0.25) is 0 Å². The van der Waals surface area contributed by atoms with Crippen LogP contribution in [0.5, 0.6) is 0 Å². The van der Waals surface area contributed by atoms with E-state index in [9.17, 15) is 0 Å². The Morgan fingerprint density at radius 1 is 0.941 bits per heavy atom. The number of hydrogen-bond donors (Lipinski definition) is 0. The number of nitriles is 1. The fraction of sp³-hybridized carbons (Fsp3) is 0.0625. The van der Waals surface area contributed by atoms with E-state index in [0.29, 0.717) is 5.56 Å². The van der Waals surface area contributed by atoms with Crippen LogP contribution in [0.15, 0.2) is 48.5 Å². The molecule has 0 aromatic heterocycles. The number of benzene rings is 2. The van der Waals surface area contributed by atoms with Gasteiger partial charge in [0.2, 0.25) is 0 Å². The molecule has 0 spiro atoms. The zero-order chi connectivity index (χ0) is 12.1. The van der Waals surface area contributed by atoms with Crippen LogP contribution in [0.2, 0.25) is 0 Å². The molecule has 2 aromatic carbocycles. The third kappa shape index (κ3) is 2.83. The van der Waals surface area contributed by atoms with Gasteiger partial charge in [0.25, 0.3) is 0 Å². The van der Waals surface area contributed by atoms with Crippen LogP contribution in [0.3, 0.4) is 0 Å². The highest BCUT2D eigenvalue weighted by Gasteiger charge is 1.95. The highest BCUT2D eigenvalue weighted by Crippen LogP contribution is 2.12. The molecule has 0 fully saturated rings. The summed E-state index contributed by atoms with van der Waals surface area (Å²) in [6.07, 6.45) is 4.00. The van der Waals surface area contributed by atoms with Crippen LogP contribution >= 0.6 is 0 Å². The van der Waals surface area contributed by atoms with E-state index in [1.807, 2.05) is 36.4 Å². The zero-order valence-electron chi connectivity index (χ0n) is 9.72. The molecule has 0 atom stereocenters. The van der Waals surface area contributed by atoms with Crippen LogP contribution in [0, 0.1) is 18.3 Å². The van der Waals surface area contributed by atoms with Crippen molar-refractivity contribution in [1.82, 2.24) is 0 Å². The lowest BCUT2D eigenvalue weighted by Crippen LogP contribution is -1.80. The average Bonchev–Trinajstić information content (AvgIpc) is 2.38. The van der Waals surface area contributed by atoms with Crippen molar-refractivity contribution in [1.29, 1.82) is 5.26 Å². The molecule has 0 aliphatic carbocycles. The van der Waals surface area contributed by atoms with Crippen LogP contribution in [-0.4, -0.2) is 0 Å². The van der Waals surface area contributed by atoms with Crippen molar-refractivity contribution in [3.63, 3.8) is 0 Å². The summed E-state index contributed by atoms with van der Waals surface area (Å²) >= 11 is 0. The summed E-state index contributed by atoms with van der Waals surface area (Å²) in [7, 11) is 0. The van der Waals surface area contributed by atoms with Crippen molar-refractivity contribution in [3.8, 4) is 6.07 Å². The lowest BCUT2D eigenvalue weighted by Gasteiger charge is -1.97. The molecule has 0 saturated heterocycles. The molecule has 17 heavy (non-hydrogen) atoms. The number of aryl methyl sites for hydroxylation is 1. The van der Waals surface area contributed by atoms with Crippen LogP contribution in [0.4, 0.5) is 0 Å². The lowest BCUT2D eigenvalue weighted by molar-refractivity contribution is 1.46. The molecular formula is C16H13N. The monoisotopic (exact) mass is 219 g/mol. The molecule has 82 valence electrons. The fourth-order valence-corrected chi connectivity index (χ4v) is 1.61. The predicted molar refractivity (Wildman–Crippen MR) is 71.3 cm³/mol. The topological polar surface area (TPSA) is 23.8 Å². The maximum Gasteiger partial charge on any atom is 0.0997 e. The Kier molecular flexibility index (Phi) is 3.37. The molecule has 0 unspecified atom stereocenters. The summed E-state index contributed by atoms with van der Waals surface area (Å²) in [5.74, 6) is 0. The van der Waals surface area contributed by atoms with Gasteiger partial charge in [-0.15, -0.1) is 0 Å². The molecule has 0 radical (unpaired) electrons. The average molecular weight is 219 g/mol. The number of nitrogens with zero attached hydrogens (tertiary/aromatic N) is 1. The molecule has 1 heteroatoms. The molecule has 0 amide bonds. The highest BCUT2D eigenvalue weighted by molar-refractivity contribution is 5.72. The summed E-state index contributed by atoms with van der Waals surface area (Å²) in [5.41, 5.74) is 4.05. The molecule has 2 aromatic rings. The van der Waals surface area contributed by atoms with E-state index in [1.54, 1.807) is 0 Å². The van der Waals surface area contributed by atoms with Crippen molar-refractivity contribution in [2.24, 2.45) is 0 Å². The molecule has 0 N–H and O–H groups in total. The molecule has 1 nitrogen and oxygen atoms in total. The van der Waals surface area contributed by atoms with Gasteiger partial charge in [0, 0.05) is 0 Å². The van der Waals surface area contributed by atoms with Crippen LogP contribution in [0.1, 0.15) is 22.3 Å². The van der Waals surface area contributed by atoms with Gasteiger partial charge in [-0.05, 0) is 24.1 Å². The van der Waals surface area contributed by atoms with E-state index < -0.39 is 0 Å². The predicted octanol–water partition coefficient (Wildman–Crippen LogP) is 4.04. The van der Waals surface area contributed by atoms with E-state index in [4.69, 9.17) is 5.26 Å². The van der Waals surface area contributed by atoms with Crippen molar-refractivity contribution in [2.75, 3.05) is 0 Å². The van der Waals surface area contributed by atoms with Crippen LogP contribution in [0.25, 0.3) is 12.2 Å². The minimum Gasteiger partial charge on any atom is -0.192 e. The summed E-state index contributed by atoms with van der Waals surface area (Å²) in [6, 6.07) is 18.1. The van der Waals surface area contributed by atoms with Crippen molar-refractivity contribution in [3.05, 3.63) is 70.8 Å². The first-order chi connectivity index (χ1) is 8.29. The Labute approximate surface area is 102 Å². The van der Waals surface area contributed by atoms with Crippen molar-refractivity contribution >= 4 is 12.2 Å². The maximum absolute atomic E-state index is 8.97. The van der Waals surface area contributed by atoms with Crippen LogP contribution in [-0.2, 0) is 0 Å². The van der Waals surface area contributed by atoms with E-state index >= 15 is 0 Å². The Morgan fingerprint density at radius 2 is 1.65 bits per heavy atom. The zero-order valence-corrected chi connectivity index (χ0v) is 9.72. The van der Waals surface area contributed by atoms with Gasteiger partial charge in [0.05, 0.1) is 11.6 Å². The second kappa shape index (κ2) is 5.14. The Bertz CT molecular complexity index is 571. The van der Waals surface area contributed by atoms with Crippen LogP contribution < -0.4 is 0 Å². The Balaban J connectivity index is 2.26. The molecule has 0 saturated carbocycles. The third-order valence-corrected chi connectivity index (χ3v) is 2.61. The Hall–Kier alpha value is -2.33. The third-order valence-electron chi connectivity index (χ3n) is 2.61. The molecular weight excluding hydrogens is 206 g/mol. The van der Waals surface area contributed by atoms with Crippen molar-refractivity contribution in [2.45, 2.75) is 6.92 Å².